The third-order valence-electron chi connectivity index (χ3n) is 6.59. The van der Waals surface area contributed by atoms with Gasteiger partial charge in [-0.25, -0.2) is 4.99 Å². The van der Waals surface area contributed by atoms with Crippen molar-refractivity contribution in [3.05, 3.63) is 88.8 Å². The van der Waals surface area contributed by atoms with Crippen molar-refractivity contribution < 1.29 is 4.79 Å². The van der Waals surface area contributed by atoms with Crippen molar-refractivity contribution in [2.24, 2.45) is 12.0 Å². The van der Waals surface area contributed by atoms with Gasteiger partial charge in [0.2, 0.25) is 0 Å². The molecule has 3 aromatic rings. The zero-order valence-electron chi connectivity index (χ0n) is 20.3. The first-order chi connectivity index (χ1) is 16.2. The normalized spacial score (nSPS) is 16.0. The minimum absolute atomic E-state index is 0.102. The summed E-state index contributed by atoms with van der Waals surface area (Å²) in [5.74, 6) is -0.102. The lowest BCUT2D eigenvalue weighted by atomic mass is 9.94. The molecule has 3 heterocycles. The lowest BCUT2D eigenvalue weighted by Gasteiger charge is -2.29. The molecular weight excluding hydrogens is 468 g/mol. The van der Waals surface area contributed by atoms with Crippen LogP contribution in [0, 0.1) is 13.8 Å². The third kappa shape index (κ3) is 4.07. The van der Waals surface area contributed by atoms with Gasteiger partial charge in [0.1, 0.15) is 0 Å². The van der Waals surface area contributed by atoms with Gasteiger partial charge >= 0.3 is 0 Å². The highest BCUT2D eigenvalue weighted by molar-refractivity contribution is 7.07. The topological polar surface area (TPSA) is 59.6 Å². The van der Waals surface area contributed by atoms with Crippen LogP contribution < -0.4 is 14.9 Å². The molecule has 0 spiro atoms. The summed E-state index contributed by atoms with van der Waals surface area (Å²) in [5.41, 5.74) is 5.05. The van der Waals surface area contributed by atoms with Crippen molar-refractivity contribution in [1.29, 1.82) is 0 Å². The molecule has 0 saturated carbocycles. The molecule has 1 aromatic carbocycles. The average Bonchev–Trinajstić information content (AvgIpc) is 3.24. The van der Waals surface area contributed by atoms with Gasteiger partial charge < -0.3 is 9.47 Å². The van der Waals surface area contributed by atoms with Gasteiger partial charge in [-0.1, -0.05) is 35.1 Å². The van der Waals surface area contributed by atoms with Crippen LogP contribution in [-0.4, -0.2) is 33.0 Å². The summed E-state index contributed by atoms with van der Waals surface area (Å²) in [7, 11) is 2.01. The molecule has 6 nitrogen and oxygen atoms in total. The van der Waals surface area contributed by atoms with Gasteiger partial charge in [-0.05, 0) is 70.0 Å². The molecule has 0 fully saturated rings. The van der Waals surface area contributed by atoms with Crippen LogP contribution in [0.15, 0.2) is 51.4 Å². The van der Waals surface area contributed by atoms with E-state index < -0.39 is 6.04 Å². The molecule has 34 heavy (non-hydrogen) atoms. The number of carbonyl (C=O) groups excluding carboxylic acids is 1. The van der Waals surface area contributed by atoms with E-state index in [1.807, 2.05) is 59.9 Å². The number of aryl methyl sites for hydroxylation is 1. The van der Waals surface area contributed by atoms with Crippen LogP contribution in [0.1, 0.15) is 49.3 Å². The molecule has 1 aliphatic heterocycles. The quantitative estimate of drug-likeness (QED) is 0.540. The number of hydrogen-bond acceptors (Lipinski definition) is 4. The van der Waals surface area contributed by atoms with Crippen LogP contribution in [0.2, 0.25) is 5.02 Å². The first-order valence-electron chi connectivity index (χ1n) is 11.4. The van der Waals surface area contributed by atoms with E-state index in [9.17, 15) is 9.59 Å². The van der Waals surface area contributed by atoms with Crippen LogP contribution in [-0.2, 0) is 11.8 Å². The second kappa shape index (κ2) is 9.39. The Morgan fingerprint density at radius 1 is 1.18 bits per heavy atom. The number of rotatable bonds is 5. The molecule has 0 aliphatic carbocycles. The lowest BCUT2D eigenvalue weighted by molar-refractivity contribution is -0.127. The largest absolute Gasteiger partial charge is 0.352 e. The minimum Gasteiger partial charge on any atom is -0.352 e. The summed E-state index contributed by atoms with van der Waals surface area (Å²) >= 11 is 7.50. The van der Waals surface area contributed by atoms with Gasteiger partial charge in [0.05, 0.1) is 21.8 Å². The summed E-state index contributed by atoms with van der Waals surface area (Å²) in [4.78, 5) is 34.4. The highest BCUT2D eigenvalue weighted by Crippen LogP contribution is 2.31. The predicted molar refractivity (Wildman–Crippen MR) is 138 cm³/mol. The summed E-state index contributed by atoms with van der Waals surface area (Å²) in [6.07, 6.45) is 1.93. The van der Waals surface area contributed by atoms with E-state index in [1.54, 1.807) is 21.6 Å². The fourth-order valence-electron chi connectivity index (χ4n) is 4.41. The van der Waals surface area contributed by atoms with Crippen molar-refractivity contribution in [2.45, 2.75) is 40.7 Å². The Morgan fingerprint density at radius 3 is 2.38 bits per heavy atom. The molecular formula is C26H29ClN4O2S. The number of halogens is 1. The van der Waals surface area contributed by atoms with Gasteiger partial charge in [-0.15, -0.1) is 0 Å². The van der Waals surface area contributed by atoms with Crippen molar-refractivity contribution in [1.82, 2.24) is 14.0 Å². The Kier molecular flexibility index (Phi) is 6.69. The van der Waals surface area contributed by atoms with Gasteiger partial charge in [0.15, 0.2) is 4.80 Å². The van der Waals surface area contributed by atoms with Crippen molar-refractivity contribution in [3.8, 4) is 0 Å². The van der Waals surface area contributed by atoms with Gasteiger partial charge in [-0.2, -0.15) is 0 Å². The number of likely N-dealkylation sites (N-methyl/N-ethyl adjacent to an activating group) is 1. The highest BCUT2D eigenvalue weighted by atomic mass is 35.5. The number of fused-ring (bicyclic) bond motifs is 1. The molecule has 8 heteroatoms. The Bertz CT molecular complexity index is 1470. The van der Waals surface area contributed by atoms with E-state index in [1.165, 1.54) is 11.3 Å². The lowest BCUT2D eigenvalue weighted by Crippen LogP contribution is -2.43. The first kappa shape index (κ1) is 24.2. The van der Waals surface area contributed by atoms with Crippen LogP contribution >= 0.6 is 22.9 Å². The molecule has 0 unspecified atom stereocenters. The number of hydrogen-bond donors (Lipinski definition) is 0. The van der Waals surface area contributed by atoms with Crippen molar-refractivity contribution >= 4 is 34.9 Å². The van der Waals surface area contributed by atoms with Crippen molar-refractivity contribution in [2.75, 3.05) is 13.1 Å². The fourth-order valence-corrected chi connectivity index (χ4v) is 5.57. The van der Waals surface area contributed by atoms with Crippen LogP contribution in [0.5, 0.6) is 0 Å². The maximum Gasteiger partial charge on any atom is 0.271 e. The number of carbonyl (C=O) groups is 1. The minimum atomic E-state index is -0.567. The van der Waals surface area contributed by atoms with E-state index >= 15 is 0 Å². The molecule has 0 saturated heterocycles. The number of nitrogens with zero attached hydrogens (tertiary/aromatic N) is 4. The Morgan fingerprint density at radius 2 is 1.82 bits per heavy atom. The Balaban J connectivity index is 1.98. The van der Waals surface area contributed by atoms with E-state index in [0.29, 0.717) is 38.7 Å². The first-order valence-corrected chi connectivity index (χ1v) is 12.6. The van der Waals surface area contributed by atoms with Gasteiger partial charge in [0, 0.05) is 36.5 Å². The maximum atomic E-state index is 13.8. The standard InChI is InChI=1S/C26H29ClN4O2S/c1-7-30(8-2)25(33)22-16(4)28-26-31(23(22)18-9-11-20(27)12-10-18)24(32)21(34-26)14-19-13-15(3)29(6)17(19)5/h9-14,23H,7-8H2,1-6H3/b21-14+/t23-/m0/s1. The molecule has 0 bridgehead atoms. The Labute approximate surface area is 208 Å². The summed E-state index contributed by atoms with van der Waals surface area (Å²) in [6.45, 7) is 11.0. The smallest absolute Gasteiger partial charge is 0.271 e. The molecule has 0 N–H and O–H groups in total. The summed E-state index contributed by atoms with van der Waals surface area (Å²) in [6, 6.07) is 8.84. The highest BCUT2D eigenvalue weighted by Gasteiger charge is 2.34. The summed E-state index contributed by atoms with van der Waals surface area (Å²) < 4.78 is 4.36. The molecule has 1 atom stereocenters. The molecule has 178 valence electrons. The van der Waals surface area contributed by atoms with Crippen LogP contribution in [0.4, 0.5) is 0 Å². The summed E-state index contributed by atoms with van der Waals surface area (Å²) in [5, 5.41) is 0.600. The number of benzene rings is 1. The van der Waals surface area contributed by atoms with E-state index in [0.717, 1.165) is 22.5 Å². The zero-order chi connectivity index (χ0) is 24.7. The fraction of sp³-hybridized carbons (Fsp3) is 0.346. The molecule has 1 aliphatic rings. The molecule has 2 aromatic heterocycles. The van der Waals surface area contributed by atoms with Crippen LogP contribution in [0.3, 0.4) is 0 Å². The number of allylic oxidation sites excluding steroid dienone is 1. The maximum absolute atomic E-state index is 13.8. The van der Waals surface area contributed by atoms with E-state index in [2.05, 4.69) is 10.6 Å². The monoisotopic (exact) mass is 496 g/mol. The third-order valence-corrected chi connectivity index (χ3v) is 7.82. The second-order valence-corrected chi connectivity index (χ2v) is 9.94. The molecule has 4 rings (SSSR count). The SMILES string of the molecule is CCN(CC)C(=O)C1=C(C)N=c2s/c(=C/c3cc(C)n(C)c3C)c(=O)n2[C@H]1c1ccc(Cl)cc1. The Hall–Kier alpha value is -2.90. The number of amides is 1. The molecule has 1 amide bonds. The van der Waals surface area contributed by atoms with E-state index in [-0.39, 0.29) is 11.5 Å². The number of thiazole rings is 1. The van der Waals surface area contributed by atoms with Crippen molar-refractivity contribution in [3.63, 3.8) is 0 Å². The van der Waals surface area contributed by atoms with E-state index in [4.69, 9.17) is 16.6 Å². The number of aromatic nitrogens is 2. The predicted octanol–water partition coefficient (Wildman–Crippen LogP) is 3.71. The zero-order valence-corrected chi connectivity index (χ0v) is 21.9. The van der Waals surface area contributed by atoms with Crippen LogP contribution in [0.25, 0.3) is 6.08 Å². The second-order valence-electron chi connectivity index (χ2n) is 8.50. The average molecular weight is 497 g/mol. The van der Waals surface area contributed by atoms with Gasteiger partial charge in [0.25, 0.3) is 11.5 Å². The molecule has 0 radical (unpaired) electrons. The van der Waals surface area contributed by atoms with Gasteiger partial charge in [-0.3, -0.25) is 14.2 Å².